The molecule has 94 valence electrons. The number of aliphatic hydroxyl groups is 1. The number of pyridine rings is 1. The molecule has 0 aliphatic heterocycles. The van der Waals surface area contributed by atoms with Crippen molar-refractivity contribution in [1.29, 1.82) is 0 Å². The summed E-state index contributed by atoms with van der Waals surface area (Å²) in [5.74, 6) is 0.652. The normalized spacial score (nSPS) is 30.5. The van der Waals surface area contributed by atoms with Crippen LogP contribution in [-0.2, 0) is 0 Å². The molecule has 1 aliphatic carbocycles. The molecule has 3 atom stereocenters. The minimum absolute atomic E-state index is 0.165. The van der Waals surface area contributed by atoms with Crippen molar-refractivity contribution >= 4 is 0 Å². The number of aryl methyl sites for hydroxylation is 1. The Bertz CT molecular complexity index is 376. The van der Waals surface area contributed by atoms with E-state index in [9.17, 15) is 5.11 Å². The van der Waals surface area contributed by atoms with Crippen molar-refractivity contribution in [2.45, 2.75) is 39.2 Å². The van der Waals surface area contributed by atoms with E-state index in [1.165, 1.54) is 0 Å². The van der Waals surface area contributed by atoms with E-state index in [0.717, 1.165) is 30.5 Å². The van der Waals surface area contributed by atoms with Crippen molar-refractivity contribution in [1.82, 2.24) is 4.98 Å². The minimum Gasteiger partial charge on any atom is -0.386 e. The first-order chi connectivity index (χ1) is 8.07. The predicted molar refractivity (Wildman–Crippen MR) is 68.4 cm³/mol. The molecule has 3 nitrogen and oxygen atoms in total. The molecule has 1 heterocycles. The van der Waals surface area contributed by atoms with Gasteiger partial charge in [-0.1, -0.05) is 19.4 Å². The van der Waals surface area contributed by atoms with Gasteiger partial charge in [-0.2, -0.15) is 0 Å². The second-order valence-electron chi connectivity index (χ2n) is 5.58. The van der Waals surface area contributed by atoms with Crippen LogP contribution in [0.1, 0.15) is 43.5 Å². The molecule has 3 N–H and O–H groups in total. The van der Waals surface area contributed by atoms with Crippen LogP contribution in [0.5, 0.6) is 0 Å². The lowest BCUT2D eigenvalue weighted by molar-refractivity contribution is 0.0275. The third-order valence-corrected chi connectivity index (χ3v) is 4.09. The molecule has 2 rings (SSSR count). The van der Waals surface area contributed by atoms with Crippen LogP contribution in [0.2, 0.25) is 0 Å². The molecule has 0 spiro atoms. The lowest BCUT2D eigenvalue weighted by atomic mass is 9.78. The van der Waals surface area contributed by atoms with Gasteiger partial charge in [0.15, 0.2) is 0 Å². The molecule has 17 heavy (non-hydrogen) atoms. The molecule has 0 radical (unpaired) electrons. The SMILES string of the molecule is Cc1ccc(C(O)C2(CN)CCC(C)C2)nc1. The molecular weight excluding hydrogens is 212 g/mol. The standard InChI is InChI=1S/C14H22N2O/c1-10-5-6-14(7-10,9-15)13(17)12-4-3-11(2)8-16-12/h3-4,8,10,13,17H,5-7,9,15H2,1-2H3. The topological polar surface area (TPSA) is 59.1 Å². The van der Waals surface area contributed by atoms with Crippen LogP contribution in [0.25, 0.3) is 0 Å². The Labute approximate surface area is 103 Å². The van der Waals surface area contributed by atoms with E-state index >= 15 is 0 Å². The number of nitrogens with zero attached hydrogens (tertiary/aromatic N) is 1. The lowest BCUT2D eigenvalue weighted by Gasteiger charge is -2.33. The van der Waals surface area contributed by atoms with Gasteiger partial charge in [-0.05, 0) is 37.3 Å². The van der Waals surface area contributed by atoms with Gasteiger partial charge < -0.3 is 10.8 Å². The number of nitrogens with two attached hydrogens (primary N) is 1. The number of hydrogen-bond acceptors (Lipinski definition) is 3. The number of aliphatic hydroxyl groups excluding tert-OH is 1. The highest BCUT2D eigenvalue weighted by Gasteiger charge is 2.43. The second kappa shape index (κ2) is 4.75. The highest BCUT2D eigenvalue weighted by atomic mass is 16.3. The maximum Gasteiger partial charge on any atom is 0.103 e. The molecule has 1 fully saturated rings. The molecule has 3 unspecified atom stereocenters. The highest BCUT2D eigenvalue weighted by Crippen LogP contribution is 2.48. The first-order valence-corrected chi connectivity index (χ1v) is 6.38. The Morgan fingerprint density at radius 2 is 2.35 bits per heavy atom. The summed E-state index contributed by atoms with van der Waals surface area (Å²) in [5, 5.41) is 10.5. The lowest BCUT2D eigenvalue weighted by Crippen LogP contribution is -2.35. The zero-order valence-electron chi connectivity index (χ0n) is 10.7. The van der Waals surface area contributed by atoms with E-state index < -0.39 is 6.10 Å². The van der Waals surface area contributed by atoms with Crippen LogP contribution in [0.4, 0.5) is 0 Å². The molecule has 1 aromatic rings. The Kier molecular flexibility index (Phi) is 3.50. The summed E-state index contributed by atoms with van der Waals surface area (Å²) < 4.78 is 0. The first-order valence-electron chi connectivity index (χ1n) is 6.38. The van der Waals surface area contributed by atoms with Crippen molar-refractivity contribution in [3.8, 4) is 0 Å². The molecule has 1 aromatic heterocycles. The van der Waals surface area contributed by atoms with Gasteiger partial charge in [0, 0.05) is 18.2 Å². The average Bonchev–Trinajstić information content (AvgIpc) is 2.72. The maximum absolute atomic E-state index is 10.5. The van der Waals surface area contributed by atoms with E-state index in [1.54, 1.807) is 6.20 Å². The van der Waals surface area contributed by atoms with Crippen molar-refractivity contribution < 1.29 is 5.11 Å². The molecule has 0 bridgehead atoms. The third-order valence-electron chi connectivity index (χ3n) is 4.09. The molecule has 1 saturated carbocycles. The summed E-state index contributed by atoms with van der Waals surface area (Å²) in [4.78, 5) is 4.34. The van der Waals surface area contributed by atoms with E-state index in [4.69, 9.17) is 5.73 Å². The van der Waals surface area contributed by atoms with E-state index in [2.05, 4.69) is 11.9 Å². The van der Waals surface area contributed by atoms with Gasteiger partial charge in [-0.25, -0.2) is 0 Å². The summed E-state index contributed by atoms with van der Waals surface area (Å²) in [5.41, 5.74) is 7.62. The smallest absolute Gasteiger partial charge is 0.103 e. The Hall–Kier alpha value is -0.930. The summed E-state index contributed by atoms with van der Waals surface area (Å²) in [6.07, 6.45) is 4.43. The van der Waals surface area contributed by atoms with Gasteiger partial charge in [0.25, 0.3) is 0 Å². The monoisotopic (exact) mass is 234 g/mol. The van der Waals surface area contributed by atoms with Gasteiger partial charge in [0.2, 0.25) is 0 Å². The maximum atomic E-state index is 10.5. The quantitative estimate of drug-likeness (QED) is 0.842. The van der Waals surface area contributed by atoms with Crippen LogP contribution in [0, 0.1) is 18.3 Å². The minimum atomic E-state index is -0.530. The van der Waals surface area contributed by atoms with Crippen LogP contribution in [0.3, 0.4) is 0 Å². The van der Waals surface area contributed by atoms with Gasteiger partial charge in [-0.3, -0.25) is 4.98 Å². The van der Waals surface area contributed by atoms with Crippen LogP contribution in [0.15, 0.2) is 18.3 Å². The largest absolute Gasteiger partial charge is 0.386 e. The number of hydrogen-bond donors (Lipinski definition) is 2. The van der Waals surface area contributed by atoms with Crippen LogP contribution >= 0.6 is 0 Å². The predicted octanol–water partition coefficient (Wildman–Crippen LogP) is 2.19. The van der Waals surface area contributed by atoms with Gasteiger partial charge in [-0.15, -0.1) is 0 Å². The fourth-order valence-corrected chi connectivity index (χ4v) is 2.93. The second-order valence-corrected chi connectivity index (χ2v) is 5.58. The Morgan fingerprint density at radius 3 is 2.82 bits per heavy atom. The van der Waals surface area contributed by atoms with Gasteiger partial charge in [0.05, 0.1) is 5.69 Å². The zero-order valence-corrected chi connectivity index (χ0v) is 10.7. The third kappa shape index (κ3) is 2.35. The fourth-order valence-electron chi connectivity index (χ4n) is 2.93. The highest BCUT2D eigenvalue weighted by molar-refractivity contribution is 5.17. The van der Waals surface area contributed by atoms with E-state index in [1.807, 2.05) is 19.1 Å². The Morgan fingerprint density at radius 1 is 1.59 bits per heavy atom. The summed E-state index contributed by atoms with van der Waals surface area (Å²) in [6.45, 7) is 4.76. The summed E-state index contributed by atoms with van der Waals surface area (Å²) >= 11 is 0. The van der Waals surface area contributed by atoms with Crippen molar-refractivity contribution in [3.05, 3.63) is 29.6 Å². The molecule has 0 saturated heterocycles. The molecule has 0 aromatic carbocycles. The van der Waals surface area contributed by atoms with Crippen molar-refractivity contribution in [2.75, 3.05) is 6.54 Å². The fraction of sp³-hybridized carbons (Fsp3) is 0.643. The average molecular weight is 234 g/mol. The van der Waals surface area contributed by atoms with E-state index in [-0.39, 0.29) is 5.41 Å². The zero-order chi connectivity index (χ0) is 12.5. The molecular formula is C14H22N2O. The molecule has 0 amide bonds. The molecule has 3 heteroatoms. The summed E-state index contributed by atoms with van der Waals surface area (Å²) in [6, 6.07) is 3.91. The Balaban J connectivity index is 2.23. The van der Waals surface area contributed by atoms with Crippen LogP contribution < -0.4 is 5.73 Å². The van der Waals surface area contributed by atoms with E-state index in [0.29, 0.717) is 12.5 Å². The van der Waals surface area contributed by atoms with Gasteiger partial charge >= 0.3 is 0 Å². The van der Waals surface area contributed by atoms with Gasteiger partial charge in [0.1, 0.15) is 6.10 Å². The van der Waals surface area contributed by atoms with Crippen molar-refractivity contribution in [3.63, 3.8) is 0 Å². The first kappa shape index (κ1) is 12.5. The number of rotatable bonds is 3. The van der Waals surface area contributed by atoms with Crippen LogP contribution in [-0.4, -0.2) is 16.6 Å². The van der Waals surface area contributed by atoms with Crippen molar-refractivity contribution in [2.24, 2.45) is 17.1 Å². The molecule has 1 aliphatic rings. The summed E-state index contributed by atoms with van der Waals surface area (Å²) in [7, 11) is 0. The number of aromatic nitrogens is 1.